The fraction of sp³-hybridized carbons (Fsp3) is 0.222. The third kappa shape index (κ3) is 4.64. The molecule has 0 spiro atoms. The predicted molar refractivity (Wildman–Crippen MR) is 97.1 cm³/mol. The van der Waals surface area contributed by atoms with Crippen molar-refractivity contribution in [2.75, 3.05) is 11.9 Å². The first-order valence-corrected chi connectivity index (χ1v) is 8.35. The first-order chi connectivity index (χ1) is 12.3. The van der Waals surface area contributed by atoms with Crippen LogP contribution in [0, 0.1) is 0 Å². The van der Waals surface area contributed by atoms with E-state index in [1.54, 1.807) is 0 Å². The molecule has 2 N–H and O–H groups in total. The van der Waals surface area contributed by atoms with E-state index < -0.39 is 0 Å². The highest BCUT2D eigenvalue weighted by Crippen LogP contribution is 2.37. The Morgan fingerprint density at radius 1 is 1.12 bits per heavy atom. The van der Waals surface area contributed by atoms with Gasteiger partial charge in [0.25, 0.3) is 0 Å². The summed E-state index contributed by atoms with van der Waals surface area (Å²) in [5.74, 6) is 1.77. The number of halogens is 1. The van der Waals surface area contributed by atoms with Gasteiger partial charge in [-0.25, -0.2) is 10.1 Å². The van der Waals surface area contributed by atoms with Gasteiger partial charge in [0.15, 0.2) is 11.5 Å². The lowest BCUT2D eigenvalue weighted by molar-refractivity contribution is 0.269. The number of ether oxygens (including phenoxy) is 2. The summed E-state index contributed by atoms with van der Waals surface area (Å²) in [4.78, 5) is 4.03. The molecule has 0 aliphatic carbocycles. The molecule has 2 aromatic carbocycles. The Balaban J connectivity index is 1.74. The molecule has 1 heterocycles. The van der Waals surface area contributed by atoms with Crippen molar-refractivity contribution in [2.24, 2.45) is 0 Å². The first kappa shape index (κ1) is 17.1. The summed E-state index contributed by atoms with van der Waals surface area (Å²) in [6, 6.07) is 13.7. The molecule has 130 valence electrons. The number of anilines is 1. The van der Waals surface area contributed by atoms with Crippen molar-refractivity contribution < 1.29 is 9.47 Å². The third-order valence-electron chi connectivity index (χ3n) is 3.47. The van der Waals surface area contributed by atoms with Crippen LogP contribution in [0.25, 0.3) is 0 Å². The number of benzene rings is 2. The molecule has 7 heteroatoms. The van der Waals surface area contributed by atoms with Gasteiger partial charge in [0, 0.05) is 6.54 Å². The second-order valence-corrected chi connectivity index (χ2v) is 5.71. The molecule has 0 fully saturated rings. The van der Waals surface area contributed by atoms with Gasteiger partial charge in [0.2, 0.25) is 5.95 Å². The highest BCUT2D eigenvalue weighted by Gasteiger charge is 2.13. The summed E-state index contributed by atoms with van der Waals surface area (Å²) in [6.07, 6.45) is 1.45. The lowest BCUT2D eigenvalue weighted by Crippen LogP contribution is -2.04. The minimum Gasteiger partial charge on any atom is -0.490 e. The predicted octanol–water partition coefficient (Wildman–Crippen LogP) is 4.05. The number of hydrogen-bond donors (Lipinski definition) is 2. The van der Waals surface area contributed by atoms with Crippen molar-refractivity contribution in [1.82, 2.24) is 15.2 Å². The quantitative estimate of drug-likeness (QED) is 0.635. The second-order valence-electron chi connectivity index (χ2n) is 5.30. The highest BCUT2D eigenvalue weighted by atomic mass is 35.5. The van der Waals surface area contributed by atoms with Crippen LogP contribution >= 0.6 is 11.6 Å². The van der Waals surface area contributed by atoms with Crippen LogP contribution in [0.4, 0.5) is 5.95 Å². The number of aromatic amines is 1. The first-order valence-electron chi connectivity index (χ1n) is 7.97. The van der Waals surface area contributed by atoms with Crippen molar-refractivity contribution in [1.29, 1.82) is 0 Å². The number of nitrogens with zero attached hydrogens (tertiary/aromatic N) is 2. The summed E-state index contributed by atoms with van der Waals surface area (Å²) in [5, 5.41) is 10.2. The Morgan fingerprint density at radius 3 is 2.68 bits per heavy atom. The molecule has 0 saturated heterocycles. The zero-order chi connectivity index (χ0) is 17.5. The lowest BCUT2D eigenvalue weighted by atomic mass is 10.2. The van der Waals surface area contributed by atoms with Gasteiger partial charge in [-0.05, 0) is 30.2 Å². The summed E-state index contributed by atoms with van der Waals surface area (Å²) in [7, 11) is 0. The molecule has 0 aliphatic heterocycles. The summed E-state index contributed by atoms with van der Waals surface area (Å²) in [5.41, 5.74) is 2.02. The van der Waals surface area contributed by atoms with Crippen LogP contribution in [-0.2, 0) is 13.2 Å². The standard InChI is InChI=1S/C18H19ClN4O2/c1-2-24-16-9-14(10-20-18-21-12-22-23-18)8-15(19)17(16)25-11-13-6-4-3-5-7-13/h3-9,12H,2,10-11H2,1H3,(H2,20,21,22,23). The van der Waals surface area contributed by atoms with E-state index in [0.29, 0.717) is 42.2 Å². The molecule has 0 radical (unpaired) electrons. The van der Waals surface area contributed by atoms with E-state index in [-0.39, 0.29) is 0 Å². The highest BCUT2D eigenvalue weighted by molar-refractivity contribution is 6.32. The Morgan fingerprint density at radius 2 is 1.96 bits per heavy atom. The molecule has 1 aromatic heterocycles. The molecule has 0 bridgehead atoms. The van der Waals surface area contributed by atoms with E-state index in [0.717, 1.165) is 11.1 Å². The maximum Gasteiger partial charge on any atom is 0.218 e. The monoisotopic (exact) mass is 358 g/mol. The fourth-order valence-electron chi connectivity index (χ4n) is 2.33. The summed E-state index contributed by atoms with van der Waals surface area (Å²) < 4.78 is 11.6. The largest absolute Gasteiger partial charge is 0.490 e. The van der Waals surface area contributed by atoms with Gasteiger partial charge in [-0.2, -0.15) is 5.10 Å². The Kier molecular flexibility index (Phi) is 5.74. The van der Waals surface area contributed by atoms with E-state index in [9.17, 15) is 0 Å². The van der Waals surface area contributed by atoms with Crippen LogP contribution in [-0.4, -0.2) is 21.8 Å². The molecule has 0 saturated carbocycles. The van der Waals surface area contributed by atoms with Crippen LogP contribution in [0.15, 0.2) is 48.8 Å². The molecule has 6 nitrogen and oxygen atoms in total. The Hall–Kier alpha value is -2.73. The number of nitrogens with one attached hydrogen (secondary N) is 2. The van der Waals surface area contributed by atoms with Crippen LogP contribution in [0.5, 0.6) is 11.5 Å². The molecule has 0 atom stereocenters. The van der Waals surface area contributed by atoms with Gasteiger partial charge < -0.3 is 14.8 Å². The van der Waals surface area contributed by atoms with Crippen molar-refractivity contribution in [3.63, 3.8) is 0 Å². The summed E-state index contributed by atoms with van der Waals surface area (Å²) in [6.45, 7) is 3.41. The van der Waals surface area contributed by atoms with Crippen molar-refractivity contribution in [3.05, 3.63) is 64.9 Å². The Bertz CT molecular complexity index is 794. The van der Waals surface area contributed by atoms with E-state index in [2.05, 4.69) is 20.5 Å². The summed E-state index contributed by atoms with van der Waals surface area (Å²) >= 11 is 6.43. The van der Waals surface area contributed by atoms with Crippen molar-refractivity contribution in [3.8, 4) is 11.5 Å². The van der Waals surface area contributed by atoms with Gasteiger partial charge in [0.1, 0.15) is 12.9 Å². The van der Waals surface area contributed by atoms with Gasteiger partial charge in [-0.15, -0.1) is 0 Å². The van der Waals surface area contributed by atoms with Crippen molar-refractivity contribution >= 4 is 17.5 Å². The molecular weight excluding hydrogens is 340 g/mol. The fourth-order valence-corrected chi connectivity index (χ4v) is 2.62. The zero-order valence-corrected chi connectivity index (χ0v) is 14.6. The topological polar surface area (TPSA) is 72.1 Å². The van der Waals surface area contributed by atoms with Crippen LogP contribution in [0.2, 0.25) is 5.02 Å². The number of aromatic nitrogens is 3. The zero-order valence-electron chi connectivity index (χ0n) is 13.8. The van der Waals surface area contributed by atoms with Crippen LogP contribution in [0.1, 0.15) is 18.1 Å². The molecule has 25 heavy (non-hydrogen) atoms. The van der Waals surface area contributed by atoms with E-state index in [1.807, 2.05) is 49.4 Å². The lowest BCUT2D eigenvalue weighted by Gasteiger charge is -2.15. The smallest absolute Gasteiger partial charge is 0.218 e. The number of hydrogen-bond acceptors (Lipinski definition) is 5. The van der Waals surface area contributed by atoms with Gasteiger partial charge >= 0.3 is 0 Å². The van der Waals surface area contributed by atoms with E-state index in [1.165, 1.54) is 6.33 Å². The molecule has 0 amide bonds. The number of H-pyrrole nitrogens is 1. The SMILES string of the molecule is CCOc1cc(CNc2ncn[nH]2)cc(Cl)c1OCc1ccccc1. The third-order valence-corrected chi connectivity index (χ3v) is 3.75. The van der Waals surface area contributed by atoms with E-state index in [4.69, 9.17) is 21.1 Å². The average Bonchev–Trinajstić information content (AvgIpc) is 3.14. The normalized spacial score (nSPS) is 10.5. The maximum atomic E-state index is 6.43. The molecule has 3 rings (SSSR count). The molecule has 0 unspecified atom stereocenters. The second kappa shape index (κ2) is 8.39. The number of rotatable bonds is 8. The van der Waals surface area contributed by atoms with Crippen LogP contribution in [0.3, 0.4) is 0 Å². The molecule has 3 aromatic rings. The van der Waals surface area contributed by atoms with Gasteiger partial charge in [0.05, 0.1) is 11.6 Å². The molecular formula is C18H19ClN4O2. The van der Waals surface area contributed by atoms with Gasteiger partial charge in [-0.3, -0.25) is 0 Å². The Labute approximate surface area is 151 Å². The average molecular weight is 359 g/mol. The minimum atomic E-state index is 0.427. The van der Waals surface area contributed by atoms with Crippen LogP contribution < -0.4 is 14.8 Å². The maximum absolute atomic E-state index is 6.43. The van der Waals surface area contributed by atoms with Gasteiger partial charge in [-0.1, -0.05) is 41.9 Å². The molecule has 0 aliphatic rings. The minimum absolute atomic E-state index is 0.427. The van der Waals surface area contributed by atoms with E-state index >= 15 is 0 Å². The van der Waals surface area contributed by atoms with Crippen molar-refractivity contribution in [2.45, 2.75) is 20.1 Å².